The zero-order valence-electron chi connectivity index (χ0n) is 13.1. The Morgan fingerprint density at radius 1 is 1.24 bits per heavy atom. The van der Waals surface area contributed by atoms with Gasteiger partial charge in [-0.2, -0.15) is 5.10 Å². The van der Waals surface area contributed by atoms with Gasteiger partial charge in [-0.1, -0.05) is 0 Å². The largest absolute Gasteiger partial charge is 0.479 e. The summed E-state index contributed by atoms with van der Waals surface area (Å²) in [5, 5.41) is 14.3. The van der Waals surface area contributed by atoms with Gasteiger partial charge in [-0.25, -0.2) is 4.79 Å². The third kappa shape index (κ3) is 2.18. The van der Waals surface area contributed by atoms with Gasteiger partial charge in [0.05, 0.1) is 5.69 Å². The Hall–Kier alpha value is -1.36. The van der Waals surface area contributed by atoms with Gasteiger partial charge in [-0.05, 0) is 63.9 Å². The molecule has 0 amide bonds. The van der Waals surface area contributed by atoms with Crippen LogP contribution < -0.4 is 0 Å². The first kappa shape index (κ1) is 14.6. The molecule has 1 saturated heterocycles. The molecule has 1 aliphatic carbocycles. The lowest BCUT2D eigenvalue weighted by atomic mass is 9.61. The van der Waals surface area contributed by atoms with Crippen LogP contribution in [-0.4, -0.2) is 34.1 Å². The molecule has 2 heterocycles. The van der Waals surface area contributed by atoms with Gasteiger partial charge in [-0.3, -0.25) is 4.68 Å². The van der Waals surface area contributed by atoms with E-state index in [0.29, 0.717) is 24.7 Å². The first-order valence-electron chi connectivity index (χ1n) is 7.80. The summed E-state index contributed by atoms with van der Waals surface area (Å²) in [6.07, 6.45) is 3.54. The Kier molecular flexibility index (Phi) is 3.56. The van der Waals surface area contributed by atoms with E-state index in [1.54, 1.807) is 4.68 Å². The average molecular weight is 292 g/mol. The van der Waals surface area contributed by atoms with Crippen molar-refractivity contribution in [1.29, 1.82) is 0 Å². The van der Waals surface area contributed by atoms with Crippen molar-refractivity contribution < 1.29 is 14.6 Å². The molecular weight excluding hydrogens is 268 g/mol. The molecule has 0 unspecified atom stereocenters. The minimum absolute atomic E-state index is 0.495. The van der Waals surface area contributed by atoms with Gasteiger partial charge in [-0.15, -0.1) is 0 Å². The standard InChI is InChI=1S/C16H24N2O3/c1-10-11(2)17-18(12(10)3)16(15(19)20)8-14(9-16)13-4-6-21-7-5-13/h13-14H,4-9H2,1-3H3,(H,19,20). The maximum atomic E-state index is 11.9. The zero-order chi connectivity index (χ0) is 15.2. The van der Waals surface area contributed by atoms with Crippen LogP contribution >= 0.6 is 0 Å². The van der Waals surface area contributed by atoms with E-state index in [1.807, 2.05) is 20.8 Å². The normalized spacial score (nSPS) is 30.1. The number of aliphatic carboxylic acids is 1. The quantitative estimate of drug-likeness (QED) is 0.929. The van der Waals surface area contributed by atoms with Crippen LogP contribution in [-0.2, 0) is 15.1 Å². The van der Waals surface area contributed by atoms with Gasteiger partial charge in [0.2, 0.25) is 0 Å². The summed E-state index contributed by atoms with van der Waals surface area (Å²) in [7, 11) is 0. The zero-order valence-corrected chi connectivity index (χ0v) is 13.1. The number of carbonyl (C=O) groups is 1. The van der Waals surface area contributed by atoms with Crippen LogP contribution in [0, 0.1) is 32.6 Å². The highest BCUT2D eigenvalue weighted by Crippen LogP contribution is 2.50. The van der Waals surface area contributed by atoms with Crippen molar-refractivity contribution in [2.45, 2.75) is 52.0 Å². The molecule has 2 fully saturated rings. The predicted molar refractivity (Wildman–Crippen MR) is 78.3 cm³/mol. The number of aromatic nitrogens is 2. The lowest BCUT2D eigenvalue weighted by Gasteiger charge is -2.48. The van der Waals surface area contributed by atoms with E-state index in [0.717, 1.165) is 43.0 Å². The molecule has 2 aliphatic rings. The van der Waals surface area contributed by atoms with E-state index < -0.39 is 11.5 Å². The smallest absolute Gasteiger partial charge is 0.331 e. The summed E-state index contributed by atoms with van der Waals surface area (Å²) in [6.45, 7) is 7.57. The molecular formula is C16H24N2O3. The number of aryl methyl sites for hydroxylation is 1. The van der Waals surface area contributed by atoms with Gasteiger partial charge in [0.1, 0.15) is 0 Å². The monoisotopic (exact) mass is 292 g/mol. The molecule has 0 radical (unpaired) electrons. The van der Waals surface area contributed by atoms with Gasteiger partial charge in [0.15, 0.2) is 5.54 Å². The summed E-state index contributed by atoms with van der Waals surface area (Å²) in [5.41, 5.74) is 2.19. The Morgan fingerprint density at radius 3 is 2.33 bits per heavy atom. The van der Waals surface area contributed by atoms with Crippen LogP contribution in [0.25, 0.3) is 0 Å². The molecule has 0 atom stereocenters. The Bertz CT molecular complexity index is 552. The number of ether oxygens (including phenoxy) is 1. The van der Waals surface area contributed by atoms with Crippen LogP contribution in [0.1, 0.15) is 42.6 Å². The van der Waals surface area contributed by atoms with Gasteiger partial charge >= 0.3 is 5.97 Å². The van der Waals surface area contributed by atoms with Crippen molar-refractivity contribution in [2.75, 3.05) is 13.2 Å². The highest BCUT2D eigenvalue weighted by Gasteiger charge is 2.55. The van der Waals surface area contributed by atoms with Crippen LogP contribution in [0.4, 0.5) is 0 Å². The van der Waals surface area contributed by atoms with Gasteiger partial charge < -0.3 is 9.84 Å². The second-order valence-electron chi connectivity index (χ2n) is 6.66. The minimum Gasteiger partial charge on any atom is -0.479 e. The fourth-order valence-corrected chi connectivity index (χ4v) is 3.90. The molecule has 1 saturated carbocycles. The number of nitrogens with zero attached hydrogens (tertiary/aromatic N) is 2. The Labute approximate surface area is 125 Å². The number of carboxylic acids is 1. The van der Waals surface area contributed by atoms with Crippen molar-refractivity contribution >= 4 is 5.97 Å². The van der Waals surface area contributed by atoms with Crippen LogP contribution in [0.5, 0.6) is 0 Å². The van der Waals surface area contributed by atoms with Crippen molar-refractivity contribution in [3.8, 4) is 0 Å². The molecule has 1 aliphatic heterocycles. The lowest BCUT2D eigenvalue weighted by Crippen LogP contribution is -2.55. The summed E-state index contributed by atoms with van der Waals surface area (Å²) in [4.78, 5) is 11.9. The van der Waals surface area contributed by atoms with Crippen molar-refractivity contribution in [1.82, 2.24) is 9.78 Å². The fourth-order valence-electron chi connectivity index (χ4n) is 3.90. The van der Waals surface area contributed by atoms with Gasteiger partial charge in [0.25, 0.3) is 0 Å². The summed E-state index contributed by atoms with van der Waals surface area (Å²) in [5.74, 6) is 0.370. The molecule has 3 rings (SSSR count). The SMILES string of the molecule is Cc1nn(C2(C(=O)O)CC(C3CCOCC3)C2)c(C)c1C. The fraction of sp³-hybridized carbons (Fsp3) is 0.750. The third-order valence-corrected chi connectivity index (χ3v) is 5.59. The highest BCUT2D eigenvalue weighted by molar-refractivity contribution is 5.78. The first-order valence-corrected chi connectivity index (χ1v) is 7.80. The van der Waals surface area contributed by atoms with E-state index in [2.05, 4.69) is 5.10 Å². The topological polar surface area (TPSA) is 64.4 Å². The molecule has 0 spiro atoms. The van der Waals surface area contributed by atoms with Crippen LogP contribution in [0.15, 0.2) is 0 Å². The lowest BCUT2D eigenvalue weighted by molar-refractivity contribution is -0.160. The predicted octanol–water partition coefficient (Wildman–Crippen LogP) is 2.42. The van der Waals surface area contributed by atoms with E-state index >= 15 is 0 Å². The maximum Gasteiger partial charge on any atom is 0.331 e. The van der Waals surface area contributed by atoms with E-state index in [-0.39, 0.29) is 0 Å². The molecule has 1 aromatic heterocycles. The number of carboxylic acid groups (broad SMARTS) is 1. The summed E-state index contributed by atoms with van der Waals surface area (Å²) >= 11 is 0. The molecule has 1 aromatic rings. The second kappa shape index (κ2) is 5.13. The average Bonchev–Trinajstić information content (AvgIpc) is 2.67. The van der Waals surface area contributed by atoms with E-state index in [4.69, 9.17) is 4.74 Å². The molecule has 1 N–H and O–H groups in total. The minimum atomic E-state index is -0.827. The third-order valence-electron chi connectivity index (χ3n) is 5.59. The van der Waals surface area contributed by atoms with Crippen molar-refractivity contribution in [3.05, 3.63) is 17.0 Å². The molecule has 116 valence electrons. The molecule has 5 nitrogen and oxygen atoms in total. The van der Waals surface area contributed by atoms with E-state index in [1.165, 1.54) is 0 Å². The van der Waals surface area contributed by atoms with Gasteiger partial charge in [0, 0.05) is 18.9 Å². The molecule has 0 aromatic carbocycles. The maximum absolute atomic E-state index is 11.9. The van der Waals surface area contributed by atoms with E-state index in [9.17, 15) is 9.90 Å². The Morgan fingerprint density at radius 2 is 1.86 bits per heavy atom. The first-order chi connectivity index (χ1) is 9.95. The van der Waals surface area contributed by atoms with Crippen molar-refractivity contribution in [2.24, 2.45) is 11.8 Å². The summed E-state index contributed by atoms with van der Waals surface area (Å²) < 4.78 is 7.18. The van der Waals surface area contributed by atoms with Crippen LogP contribution in [0.3, 0.4) is 0 Å². The summed E-state index contributed by atoms with van der Waals surface area (Å²) in [6, 6.07) is 0. The van der Waals surface area contributed by atoms with Crippen molar-refractivity contribution in [3.63, 3.8) is 0 Å². The molecule has 0 bridgehead atoms. The number of hydrogen-bond donors (Lipinski definition) is 1. The number of hydrogen-bond acceptors (Lipinski definition) is 3. The molecule has 5 heteroatoms. The number of rotatable bonds is 3. The Balaban J connectivity index is 1.83. The molecule has 21 heavy (non-hydrogen) atoms. The highest BCUT2D eigenvalue weighted by atomic mass is 16.5. The second-order valence-corrected chi connectivity index (χ2v) is 6.66. The van der Waals surface area contributed by atoms with Crippen LogP contribution in [0.2, 0.25) is 0 Å².